The largest absolute Gasteiger partial charge is 0.497 e. The summed E-state index contributed by atoms with van der Waals surface area (Å²) in [6.07, 6.45) is -1.11. The fourth-order valence-electron chi connectivity index (χ4n) is 6.99. The van der Waals surface area contributed by atoms with Crippen molar-refractivity contribution in [1.82, 2.24) is 19.5 Å². The van der Waals surface area contributed by atoms with Gasteiger partial charge in [0.1, 0.15) is 28.8 Å². The van der Waals surface area contributed by atoms with Crippen molar-refractivity contribution in [2.75, 3.05) is 45.1 Å². The number of carbonyl (C=O) groups is 1. The van der Waals surface area contributed by atoms with E-state index in [2.05, 4.69) is 55.7 Å². The summed E-state index contributed by atoms with van der Waals surface area (Å²) in [6.45, 7) is 18.1. The Labute approximate surface area is 347 Å². The van der Waals surface area contributed by atoms with Crippen molar-refractivity contribution in [2.45, 2.75) is 82.5 Å². The standard InChI is InChI=1S/C45H57FN6O6Si/c1-13-44(27-56-45(30-17-15-14-16-18-30,31-19-23-33(54-9)24-20-31)32-21-25-34(55-10)26-22-32)37(58-59(11,12)43(4,5)6)35(46)41(57-44)52-28-47-36-38(51(7)8)48-42(49-39(36)52)50-40(53)29(2)3/h13-26,28-29,35,37,41H,1,27H2,2-12H3,(H,48,49,50,53)/t35-,37-,41+,44+/m0/s1. The maximum Gasteiger partial charge on any atom is 0.233 e. The molecule has 0 aliphatic carbocycles. The Morgan fingerprint density at radius 3 is 2.02 bits per heavy atom. The van der Waals surface area contributed by atoms with Crippen LogP contribution in [0.1, 0.15) is 57.5 Å². The van der Waals surface area contributed by atoms with Gasteiger partial charge in [0.25, 0.3) is 0 Å². The molecule has 0 spiro atoms. The first-order chi connectivity index (χ1) is 27.9. The molecule has 59 heavy (non-hydrogen) atoms. The van der Waals surface area contributed by atoms with Gasteiger partial charge in [-0.2, -0.15) is 9.97 Å². The number of methoxy groups -OCH3 is 2. The van der Waals surface area contributed by atoms with Gasteiger partial charge in [-0.25, -0.2) is 9.37 Å². The molecule has 3 aromatic carbocycles. The van der Waals surface area contributed by atoms with Crippen molar-refractivity contribution in [2.24, 2.45) is 5.92 Å². The highest BCUT2D eigenvalue weighted by Gasteiger charge is 2.60. The molecular weight excluding hydrogens is 768 g/mol. The van der Waals surface area contributed by atoms with Crippen LogP contribution < -0.4 is 19.7 Å². The number of alkyl halides is 1. The fourth-order valence-corrected chi connectivity index (χ4v) is 8.31. The maximum absolute atomic E-state index is 17.8. The molecule has 314 valence electrons. The summed E-state index contributed by atoms with van der Waals surface area (Å²) in [5.41, 5.74) is 0.317. The lowest BCUT2D eigenvalue weighted by molar-refractivity contribution is -0.132. The van der Waals surface area contributed by atoms with Crippen molar-refractivity contribution < 1.29 is 32.6 Å². The van der Waals surface area contributed by atoms with E-state index in [1.54, 1.807) is 43.6 Å². The number of imidazole rings is 1. The second-order valence-electron chi connectivity index (χ2n) is 16.9. The normalized spacial score (nSPS) is 19.8. The Morgan fingerprint density at radius 1 is 0.966 bits per heavy atom. The van der Waals surface area contributed by atoms with Crippen molar-refractivity contribution in [1.29, 1.82) is 0 Å². The average Bonchev–Trinajstić information content (AvgIpc) is 3.75. The lowest BCUT2D eigenvalue weighted by Gasteiger charge is -2.44. The van der Waals surface area contributed by atoms with Crippen molar-refractivity contribution in [3.63, 3.8) is 0 Å². The van der Waals surface area contributed by atoms with E-state index in [0.717, 1.165) is 16.7 Å². The smallest absolute Gasteiger partial charge is 0.233 e. The van der Waals surface area contributed by atoms with Gasteiger partial charge in [0.15, 0.2) is 37.7 Å². The summed E-state index contributed by atoms with van der Waals surface area (Å²) >= 11 is 0. The molecule has 0 unspecified atom stereocenters. The van der Waals surface area contributed by atoms with E-state index in [9.17, 15) is 4.79 Å². The lowest BCUT2D eigenvalue weighted by atomic mass is 9.79. The number of rotatable bonds is 15. The van der Waals surface area contributed by atoms with Crippen molar-refractivity contribution in [3.8, 4) is 11.5 Å². The maximum atomic E-state index is 17.8. The third kappa shape index (κ3) is 8.23. The number of nitrogens with zero attached hydrogens (tertiary/aromatic N) is 5. The zero-order chi connectivity index (χ0) is 42.9. The van der Waals surface area contributed by atoms with Crippen LogP contribution in [0.25, 0.3) is 11.2 Å². The Morgan fingerprint density at radius 2 is 1.53 bits per heavy atom. The molecule has 1 saturated heterocycles. The number of ether oxygens (including phenoxy) is 4. The molecule has 5 aromatic rings. The average molecular weight is 825 g/mol. The predicted octanol–water partition coefficient (Wildman–Crippen LogP) is 8.69. The quantitative estimate of drug-likeness (QED) is 0.0624. The summed E-state index contributed by atoms with van der Waals surface area (Å²) in [4.78, 5) is 28.5. The minimum atomic E-state index is -2.69. The Bertz CT molecular complexity index is 2200. The molecule has 14 heteroatoms. The predicted molar refractivity (Wildman–Crippen MR) is 231 cm³/mol. The zero-order valence-electron chi connectivity index (χ0n) is 35.9. The molecular formula is C45H57FN6O6Si. The van der Waals surface area contributed by atoms with Crippen LogP contribution in [0.3, 0.4) is 0 Å². The molecule has 4 atom stereocenters. The summed E-state index contributed by atoms with van der Waals surface area (Å²) in [7, 11) is 4.18. The van der Waals surface area contributed by atoms with Crippen LogP contribution in [-0.4, -0.2) is 86.5 Å². The molecule has 1 N–H and O–H groups in total. The van der Waals surface area contributed by atoms with Gasteiger partial charge in [0.2, 0.25) is 11.9 Å². The van der Waals surface area contributed by atoms with E-state index in [1.165, 1.54) is 6.33 Å². The number of hydrogen-bond acceptors (Lipinski definition) is 10. The number of fused-ring (bicyclic) bond motifs is 1. The first kappa shape index (κ1) is 43.4. The van der Waals surface area contributed by atoms with Gasteiger partial charge in [-0.3, -0.25) is 14.7 Å². The molecule has 1 amide bonds. The van der Waals surface area contributed by atoms with E-state index >= 15 is 4.39 Å². The third-order valence-corrected chi connectivity index (χ3v) is 16.0. The zero-order valence-corrected chi connectivity index (χ0v) is 36.9. The number of halogens is 1. The van der Waals surface area contributed by atoms with E-state index in [4.69, 9.17) is 28.4 Å². The van der Waals surface area contributed by atoms with Gasteiger partial charge >= 0.3 is 0 Å². The van der Waals surface area contributed by atoms with Gasteiger partial charge < -0.3 is 28.3 Å². The second kappa shape index (κ2) is 16.8. The number of hydrogen-bond donors (Lipinski definition) is 1. The number of benzene rings is 3. The molecule has 12 nitrogen and oxygen atoms in total. The van der Waals surface area contributed by atoms with Gasteiger partial charge in [0, 0.05) is 20.0 Å². The number of aromatic nitrogens is 4. The van der Waals surface area contributed by atoms with E-state index in [-0.39, 0.29) is 35.1 Å². The van der Waals surface area contributed by atoms with Crippen molar-refractivity contribution in [3.05, 3.63) is 115 Å². The van der Waals surface area contributed by atoms with Crippen molar-refractivity contribution >= 4 is 37.2 Å². The molecule has 3 heterocycles. The molecule has 1 aliphatic rings. The van der Waals surface area contributed by atoms with E-state index in [1.807, 2.05) is 93.0 Å². The summed E-state index contributed by atoms with van der Waals surface area (Å²) < 4.78 is 51.9. The number of anilines is 2. The summed E-state index contributed by atoms with van der Waals surface area (Å²) in [6, 6.07) is 25.3. The monoisotopic (exact) mass is 824 g/mol. The molecule has 2 aromatic heterocycles. The first-order valence-electron chi connectivity index (χ1n) is 19.8. The van der Waals surface area contributed by atoms with Gasteiger partial charge in [-0.1, -0.05) is 95.3 Å². The summed E-state index contributed by atoms with van der Waals surface area (Å²) in [5, 5.41) is 2.51. The van der Waals surface area contributed by atoms with E-state index in [0.29, 0.717) is 22.8 Å². The molecule has 0 radical (unpaired) electrons. The summed E-state index contributed by atoms with van der Waals surface area (Å²) in [5.74, 6) is 1.28. The molecule has 0 saturated carbocycles. The minimum Gasteiger partial charge on any atom is -0.497 e. The van der Waals surface area contributed by atoms with Crippen LogP contribution in [0.15, 0.2) is 97.8 Å². The highest BCUT2D eigenvalue weighted by atomic mass is 28.4. The number of carbonyl (C=O) groups excluding carboxylic acids is 1. The van der Waals surface area contributed by atoms with E-state index < -0.39 is 38.0 Å². The molecule has 1 aliphatic heterocycles. The lowest BCUT2D eigenvalue weighted by Crippen LogP contribution is -2.55. The minimum absolute atomic E-state index is 0.0640. The van der Waals surface area contributed by atoms with Gasteiger partial charge in [0.05, 0.1) is 27.2 Å². The SMILES string of the molecule is C=C[C@]1(COC(c2ccccc2)(c2ccc(OC)cc2)c2ccc(OC)cc2)O[C@@H](n2cnc3c(N(C)C)nc(NC(=O)C(C)C)nc32)[C@@H](F)[C@@H]1O[Si](C)(C)C(C)(C)C. The third-order valence-electron chi connectivity index (χ3n) is 11.5. The molecule has 6 rings (SSSR count). The first-order valence-corrected chi connectivity index (χ1v) is 22.7. The highest BCUT2D eigenvalue weighted by Crippen LogP contribution is 2.50. The Hall–Kier alpha value is -5.15. The van der Waals surface area contributed by atoms with Crippen LogP contribution in [0.5, 0.6) is 11.5 Å². The van der Waals surface area contributed by atoms with Crippen LogP contribution >= 0.6 is 0 Å². The number of amides is 1. The highest BCUT2D eigenvalue weighted by molar-refractivity contribution is 6.74. The van der Waals surface area contributed by atoms with Crippen LogP contribution in [0.2, 0.25) is 18.1 Å². The topological polar surface area (TPSA) is 122 Å². The van der Waals surface area contributed by atoms with Gasteiger partial charge in [-0.05, 0) is 59.1 Å². The Kier molecular flexibility index (Phi) is 12.4. The number of nitrogens with one attached hydrogen (secondary N) is 1. The van der Waals surface area contributed by atoms with Crippen LogP contribution in [-0.2, 0) is 24.3 Å². The second-order valence-corrected chi connectivity index (χ2v) is 21.7. The van der Waals surface area contributed by atoms with Crippen LogP contribution in [0, 0.1) is 5.92 Å². The molecule has 1 fully saturated rings. The van der Waals surface area contributed by atoms with Crippen LogP contribution in [0.4, 0.5) is 16.2 Å². The fraction of sp³-hybridized carbons (Fsp3) is 0.422. The molecule has 0 bridgehead atoms. The van der Waals surface area contributed by atoms with Gasteiger partial charge in [-0.15, -0.1) is 6.58 Å². The Balaban J connectivity index is 1.53.